The van der Waals surface area contributed by atoms with Crippen LogP contribution >= 0.6 is 0 Å². The summed E-state index contributed by atoms with van der Waals surface area (Å²) in [6.07, 6.45) is 0. The van der Waals surface area contributed by atoms with E-state index in [-0.39, 0.29) is 5.82 Å². The number of hydrogen-bond donors (Lipinski definition) is 0. The Bertz CT molecular complexity index is 858. The van der Waals surface area contributed by atoms with Gasteiger partial charge in [-0.25, -0.2) is 9.18 Å². The molecule has 0 fully saturated rings. The van der Waals surface area contributed by atoms with Crippen molar-refractivity contribution < 1.29 is 18.7 Å². The number of carbonyl (C=O) groups excluding carboxylic acids is 1. The van der Waals surface area contributed by atoms with Crippen molar-refractivity contribution in [3.05, 3.63) is 71.7 Å². The number of nitrogens with zero attached hydrogens (tertiary/aromatic N) is 1. The Morgan fingerprint density at radius 3 is 2.68 bits per heavy atom. The van der Waals surface area contributed by atoms with Crippen LogP contribution in [0.5, 0.6) is 0 Å². The maximum Gasteiger partial charge on any atom is 0.354 e. The summed E-state index contributed by atoms with van der Waals surface area (Å²) >= 11 is 0. The average Bonchev–Trinajstić information content (AvgIpc) is 2.97. The lowest BCUT2D eigenvalue weighted by Crippen LogP contribution is -2.14. The van der Waals surface area contributed by atoms with Gasteiger partial charge in [0.25, 0.3) is 0 Å². The van der Waals surface area contributed by atoms with Crippen molar-refractivity contribution in [3.8, 4) is 0 Å². The molecular formula is C20H20FNO3. The Balaban J connectivity index is 1.76. The molecule has 0 saturated carbocycles. The fraction of sp³-hybridized carbons (Fsp3) is 0.250. The number of esters is 1. The summed E-state index contributed by atoms with van der Waals surface area (Å²) in [5.74, 6) is -0.748. The van der Waals surface area contributed by atoms with Crippen LogP contribution in [0, 0.1) is 5.82 Å². The van der Waals surface area contributed by atoms with Crippen LogP contribution in [-0.4, -0.2) is 23.8 Å². The summed E-state index contributed by atoms with van der Waals surface area (Å²) < 4.78 is 26.1. The highest BCUT2D eigenvalue weighted by Gasteiger charge is 2.16. The zero-order valence-corrected chi connectivity index (χ0v) is 14.1. The van der Waals surface area contributed by atoms with E-state index in [1.54, 1.807) is 19.1 Å². The second kappa shape index (κ2) is 7.94. The van der Waals surface area contributed by atoms with Crippen LogP contribution < -0.4 is 0 Å². The zero-order chi connectivity index (χ0) is 17.6. The minimum atomic E-state index is -0.415. The second-order valence-corrected chi connectivity index (χ2v) is 5.64. The fourth-order valence-electron chi connectivity index (χ4n) is 2.78. The third-order valence-electron chi connectivity index (χ3n) is 3.92. The summed E-state index contributed by atoms with van der Waals surface area (Å²) in [6.45, 7) is 3.47. The highest BCUT2D eigenvalue weighted by Crippen LogP contribution is 2.22. The van der Waals surface area contributed by atoms with Crippen molar-refractivity contribution in [2.45, 2.75) is 20.1 Å². The molecule has 1 aromatic heterocycles. The van der Waals surface area contributed by atoms with E-state index in [1.807, 2.05) is 34.9 Å². The largest absolute Gasteiger partial charge is 0.461 e. The standard InChI is InChI=1S/C20H20FNO3/c1-2-25-20(23)19-13-16-12-17(21)8-9-18(16)22(19)10-11-24-14-15-6-4-3-5-7-15/h3-9,12-13H,2,10-11,14H2,1H3. The number of aromatic nitrogens is 1. The molecule has 0 N–H and O–H groups in total. The van der Waals surface area contributed by atoms with Gasteiger partial charge in [-0.15, -0.1) is 0 Å². The molecule has 3 aromatic rings. The SMILES string of the molecule is CCOC(=O)c1cc2cc(F)ccc2n1CCOCc1ccccc1. The van der Waals surface area contributed by atoms with E-state index in [0.29, 0.717) is 37.4 Å². The summed E-state index contributed by atoms with van der Waals surface area (Å²) in [7, 11) is 0. The molecule has 25 heavy (non-hydrogen) atoms. The highest BCUT2D eigenvalue weighted by molar-refractivity contribution is 5.95. The first-order chi connectivity index (χ1) is 12.2. The third-order valence-corrected chi connectivity index (χ3v) is 3.92. The number of rotatable bonds is 7. The van der Waals surface area contributed by atoms with Gasteiger partial charge in [0, 0.05) is 17.4 Å². The van der Waals surface area contributed by atoms with Crippen LogP contribution in [0.1, 0.15) is 23.0 Å². The Kier molecular flexibility index (Phi) is 5.46. The van der Waals surface area contributed by atoms with Gasteiger partial charge in [-0.1, -0.05) is 30.3 Å². The van der Waals surface area contributed by atoms with E-state index in [4.69, 9.17) is 9.47 Å². The van der Waals surface area contributed by atoms with E-state index in [9.17, 15) is 9.18 Å². The third kappa shape index (κ3) is 4.06. The molecule has 0 radical (unpaired) electrons. The van der Waals surface area contributed by atoms with Crippen molar-refractivity contribution in [1.29, 1.82) is 0 Å². The minimum Gasteiger partial charge on any atom is -0.461 e. The molecule has 0 aliphatic rings. The lowest BCUT2D eigenvalue weighted by atomic mass is 10.2. The summed E-state index contributed by atoms with van der Waals surface area (Å²) in [6, 6.07) is 16.0. The molecule has 0 atom stereocenters. The highest BCUT2D eigenvalue weighted by atomic mass is 19.1. The summed E-state index contributed by atoms with van der Waals surface area (Å²) in [5.41, 5.74) is 2.28. The van der Waals surface area contributed by atoms with E-state index < -0.39 is 5.97 Å². The number of carbonyl (C=O) groups is 1. The molecule has 130 valence electrons. The molecule has 2 aromatic carbocycles. The molecular weight excluding hydrogens is 321 g/mol. The molecule has 0 amide bonds. The maximum atomic E-state index is 13.5. The van der Waals surface area contributed by atoms with E-state index in [0.717, 1.165) is 11.1 Å². The summed E-state index contributed by atoms with van der Waals surface area (Å²) in [5, 5.41) is 0.672. The van der Waals surface area contributed by atoms with Crippen molar-refractivity contribution in [2.75, 3.05) is 13.2 Å². The van der Waals surface area contributed by atoms with Gasteiger partial charge in [-0.05, 0) is 36.8 Å². The predicted octanol–water partition coefficient (Wildman–Crippen LogP) is 4.17. The van der Waals surface area contributed by atoms with Crippen molar-refractivity contribution in [3.63, 3.8) is 0 Å². The van der Waals surface area contributed by atoms with Gasteiger partial charge in [0.15, 0.2) is 0 Å². The topological polar surface area (TPSA) is 40.5 Å². The number of fused-ring (bicyclic) bond motifs is 1. The molecule has 1 heterocycles. The van der Waals surface area contributed by atoms with Crippen LogP contribution in [0.3, 0.4) is 0 Å². The van der Waals surface area contributed by atoms with Crippen LogP contribution in [0.25, 0.3) is 10.9 Å². The van der Waals surface area contributed by atoms with Gasteiger partial charge in [0.2, 0.25) is 0 Å². The Hall–Kier alpha value is -2.66. The number of ether oxygens (including phenoxy) is 2. The lowest BCUT2D eigenvalue weighted by Gasteiger charge is -2.11. The van der Waals surface area contributed by atoms with Gasteiger partial charge in [-0.3, -0.25) is 0 Å². The van der Waals surface area contributed by atoms with Gasteiger partial charge in [0.1, 0.15) is 11.5 Å². The quantitative estimate of drug-likeness (QED) is 0.478. The Morgan fingerprint density at radius 2 is 1.92 bits per heavy atom. The number of halogens is 1. The molecule has 5 heteroatoms. The molecule has 0 unspecified atom stereocenters. The van der Waals surface area contributed by atoms with Crippen LogP contribution in [-0.2, 0) is 22.6 Å². The fourth-order valence-corrected chi connectivity index (χ4v) is 2.78. The smallest absolute Gasteiger partial charge is 0.354 e. The Morgan fingerprint density at radius 1 is 1.12 bits per heavy atom. The van der Waals surface area contributed by atoms with Gasteiger partial charge in [-0.2, -0.15) is 0 Å². The monoisotopic (exact) mass is 341 g/mol. The molecule has 0 aliphatic carbocycles. The predicted molar refractivity (Wildman–Crippen MR) is 94.0 cm³/mol. The Labute approximate surface area is 145 Å². The van der Waals surface area contributed by atoms with Crippen LogP contribution in [0.15, 0.2) is 54.6 Å². The number of benzene rings is 2. The lowest BCUT2D eigenvalue weighted by molar-refractivity contribution is 0.0510. The normalized spacial score (nSPS) is 11.0. The zero-order valence-electron chi connectivity index (χ0n) is 14.1. The first-order valence-corrected chi connectivity index (χ1v) is 8.26. The van der Waals surface area contributed by atoms with E-state index in [1.165, 1.54) is 12.1 Å². The van der Waals surface area contributed by atoms with Crippen LogP contribution in [0.4, 0.5) is 4.39 Å². The first-order valence-electron chi connectivity index (χ1n) is 8.26. The van der Waals surface area contributed by atoms with Crippen molar-refractivity contribution in [2.24, 2.45) is 0 Å². The van der Waals surface area contributed by atoms with Gasteiger partial charge >= 0.3 is 5.97 Å². The van der Waals surface area contributed by atoms with E-state index >= 15 is 0 Å². The van der Waals surface area contributed by atoms with Gasteiger partial charge in [0.05, 0.1) is 19.8 Å². The molecule has 0 spiro atoms. The molecule has 3 rings (SSSR count). The second-order valence-electron chi connectivity index (χ2n) is 5.64. The molecule has 0 bridgehead atoms. The van der Waals surface area contributed by atoms with Crippen molar-refractivity contribution >= 4 is 16.9 Å². The van der Waals surface area contributed by atoms with E-state index in [2.05, 4.69) is 0 Å². The van der Waals surface area contributed by atoms with Crippen molar-refractivity contribution in [1.82, 2.24) is 4.57 Å². The molecule has 0 aliphatic heterocycles. The summed E-state index contributed by atoms with van der Waals surface area (Å²) in [4.78, 5) is 12.2. The molecule has 4 nitrogen and oxygen atoms in total. The average molecular weight is 341 g/mol. The maximum absolute atomic E-state index is 13.5. The first kappa shape index (κ1) is 17.2. The molecule has 0 saturated heterocycles. The van der Waals surface area contributed by atoms with Crippen LogP contribution in [0.2, 0.25) is 0 Å². The number of hydrogen-bond acceptors (Lipinski definition) is 3. The minimum absolute atomic E-state index is 0.291. The van der Waals surface area contributed by atoms with Gasteiger partial charge < -0.3 is 14.0 Å².